The lowest BCUT2D eigenvalue weighted by Crippen LogP contribution is -2.16. The number of nitrogens with two attached hydrogens (primary N) is 2. The zero-order valence-corrected chi connectivity index (χ0v) is 5.60. The van der Waals surface area contributed by atoms with Crippen LogP contribution in [0.5, 0.6) is 0 Å². The Hall–Kier alpha value is -1.85. The van der Waals surface area contributed by atoms with E-state index in [4.69, 9.17) is 16.7 Å². The lowest BCUT2D eigenvalue weighted by Gasteiger charge is -1.98. The first-order valence-electron chi connectivity index (χ1n) is 2.79. The summed E-state index contributed by atoms with van der Waals surface area (Å²) in [6, 6.07) is 0. The van der Waals surface area contributed by atoms with Crippen molar-refractivity contribution in [2.75, 3.05) is 5.73 Å². The summed E-state index contributed by atoms with van der Waals surface area (Å²) in [7, 11) is 0. The van der Waals surface area contributed by atoms with Crippen molar-refractivity contribution in [2.45, 2.75) is 0 Å². The Kier molecular flexibility index (Phi) is 1.86. The summed E-state index contributed by atoms with van der Waals surface area (Å²) in [6.45, 7) is 0. The van der Waals surface area contributed by atoms with Crippen LogP contribution in [0.3, 0.4) is 0 Å². The van der Waals surface area contributed by atoms with Crippen molar-refractivity contribution < 1.29 is 5.21 Å². The highest BCUT2D eigenvalue weighted by atomic mass is 16.4. The summed E-state index contributed by atoms with van der Waals surface area (Å²) in [4.78, 5) is 7.29. The van der Waals surface area contributed by atoms with Crippen LogP contribution >= 0.6 is 0 Å². The Morgan fingerprint density at radius 1 is 1.64 bits per heavy atom. The predicted molar refractivity (Wildman–Crippen MR) is 39.0 cm³/mol. The minimum absolute atomic E-state index is 0.0944. The smallest absolute Gasteiger partial charge is 0.175 e. The van der Waals surface area contributed by atoms with Crippen LogP contribution in [0.2, 0.25) is 0 Å². The molecule has 0 aromatic carbocycles. The molecule has 1 aromatic rings. The highest BCUT2D eigenvalue weighted by molar-refractivity contribution is 6.00. The van der Waals surface area contributed by atoms with Crippen LogP contribution in [-0.2, 0) is 0 Å². The van der Waals surface area contributed by atoms with Gasteiger partial charge in [0.05, 0.1) is 5.56 Å². The van der Waals surface area contributed by atoms with Crippen LogP contribution < -0.4 is 11.5 Å². The lowest BCUT2D eigenvalue weighted by molar-refractivity contribution is 0.318. The number of oxime groups is 1. The van der Waals surface area contributed by atoms with Crippen LogP contribution in [0.25, 0.3) is 0 Å². The number of hydrogen-bond donors (Lipinski definition) is 3. The van der Waals surface area contributed by atoms with E-state index in [0.717, 1.165) is 0 Å². The van der Waals surface area contributed by atoms with Crippen molar-refractivity contribution in [2.24, 2.45) is 10.9 Å². The highest BCUT2D eigenvalue weighted by Gasteiger charge is 2.03. The number of rotatable bonds is 1. The zero-order chi connectivity index (χ0) is 8.27. The van der Waals surface area contributed by atoms with Crippen molar-refractivity contribution >= 4 is 11.7 Å². The molecule has 0 amide bonds. The molecule has 58 valence electrons. The summed E-state index contributed by atoms with van der Waals surface area (Å²) >= 11 is 0. The summed E-state index contributed by atoms with van der Waals surface area (Å²) in [5.74, 6) is 0.0957. The molecule has 0 aliphatic carbocycles. The molecule has 6 heteroatoms. The molecule has 0 saturated heterocycles. The maximum absolute atomic E-state index is 8.26. The predicted octanol–water partition coefficient (Wildman–Crippen LogP) is -0.847. The molecule has 11 heavy (non-hydrogen) atoms. The van der Waals surface area contributed by atoms with Crippen LogP contribution in [0.1, 0.15) is 5.56 Å². The molecule has 6 nitrogen and oxygen atoms in total. The molecule has 0 unspecified atom stereocenters. The van der Waals surface area contributed by atoms with E-state index in [1.807, 2.05) is 0 Å². The van der Waals surface area contributed by atoms with E-state index in [9.17, 15) is 0 Å². The molecular formula is C5H7N5O. The average molecular weight is 153 g/mol. The highest BCUT2D eigenvalue weighted by Crippen LogP contribution is 2.02. The SMILES string of the molecule is N/C(=N\O)c1cncnc1N. The Balaban J connectivity index is 3.14. The summed E-state index contributed by atoms with van der Waals surface area (Å²) in [5.41, 5.74) is 10.9. The molecule has 0 aliphatic heterocycles. The first-order chi connectivity index (χ1) is 5.25. The van der Waals surface area contributed by atoms with Crippen LogP contribution in [0, 0.1) is 0 Å². The van der Waals surface area contributed by atoms with Gasteiger partial charge in [-0.2, -0.15) is 0 Å². The number of amidine groups is 1. The zero-order valence-electron chi connectivity index (χ0n) is 5.60. The molecule has 0 spiro atoms. The monoisotopic (exact) mass is 153 g/mol. The van der Waals surface area contributed by atoms with Gasteiger partial charge in [0.15, 0.2) is 5.84 Å². The van der Waals surface area contributed by atoms with Gasteiger partial charge in [-0.25, -0.2) is 9.97 Å². The van der Waals surface area contributed by atoms with E-state index in [1.54, 1.807) is 0 Å². The third kappa shape index (κ3) is 1.34. The first kappa shape index (κ1) is 7.26. The number of aromatic nitrogens is 2. The van der Waals surface area contributed by atoms with Gasteiger partial charge in [0.2, 0.25) is 0 Å². The normalized spacial score (nSPS) is 11.5. The molecule has 1 heterocycles. The van der Waals surface area contributed by atoms with Crippen LogP contribution in [-0.4, -0.2) is 21.0 Å². The van der Waals surface area contributed by atoms with Gasteiger partial charge in [-0.05, 0) is 0 Å². The lowest BCUT2D eigenvalue weighted by atomic mass is 10.3. The van der Waals surface area contributed by atoms with Gasteiger partial charge < -0.3 is 16.7 Å². The fraction of sp³-hybridized carbons (Fsp3) is 0. The number of hydrogen-bond acceptors (Lipinski definition) is 5. The average Bonchev–Trinajstić information content (AvgIpc) is 2.04. The molecular weight excluding hydrogens is 146 g/mol. The van der Waals surface area contributed by atoms with E-state index < -0.39 is 0 Å². The molecule has 0 radical (unpaired) electrons. The number of anilines is 1. The van der Waals surface area contributed by atoms with Crippen LogP contribution in [0.15, 0.2) is 17.7 Å². The van der Waals surface area contributed by atoms with Gasteiger partial charge in [-0.3, -0.25) is 0 Å². The second kappa shape index (κ2) is 2.82. The first-order valence-corrected chi connectivity index (χ1v) is 2.79. The third-order valence-electron chi connectivity index (χ3n) is 1.13. The second-order valence-electron chi connectivity index (χ2n) is 1.81. The molecule has 0 aliphatic rings. The van der Waals surface area contributed by atoms with Gasteiger partial charge in [0.1, 0.15) is 12.1 Å². The topological polar surface area (TPSA) is 110 Å². The van der Waals surface area contributed by atoms with Crippen molar-refractivity contribution in [3.63, 3.8) is 0 Å². The number of nitrogen functional groups attached to an aromatic ring is 1. The minimum atomic E-state index is -0.0944. The molecule has 0 fully saturated rings. The Labute approximate surface area is 62.6 Å². The Morgan fingerprint density at radius 3 is 2.91 bits per heavy atom. The summed E-state index contributed by atoms with van der Waals surface area (Å²) in [6.07, 6.45) is 2.65. The summed E-state index contributed by atoms with van der Waals surface area (Å²) in [5, 5.41) is 11.0. The quantitative estimate of drug-likeness (QED) is 0.211. The summed E-state index contributed by atoms with van der Waals surface area (Å²) < 4.78 is 0. The van der Waals surface area contributed by atoms with Gasteiger partial charge in [-0.1, -0.05) is 5.16 Å². The minimum Gasteiger partial charge on any atom is -0.409 e. The van der Waals surface area contributed by atoms with E-state index in [-0.39, 0.29) is 11.7 Å². The van der Waals surface area contributed by atoms with Crippen molar-refractivity contribution in [3.05, 3.63) is 18.1 Å². The maximum Gasteiger partial charge on any atom is 0.175 e. The molecule has 5 N–H and O–H groups in total. The molecule has 0 atom stereocenters. The molecule has 0 saturated carbocycles. The van der Waals surface area contributed by atoms with Crippen molar-refractivity contribution in [1.29, 1.82) is 0 Å². The van der Waals surface area contributed by atoms with E-state index in [1.165, 1.54) is 12.5 Å². The third-order valence-corrected chi connectivity index (χ3v) is 1.13. The fourth-order valence-corrected chi connectivity index (χ4v) is 0.590. The second-order valence-corrected chi connectivity index (χ2v) is 1.81. The molecule has 1 aromatic heterocycles. The van der Waals surface area contributed by atoms with Gasteiger partial charge in [-0.15, -0.1) is 0 Å². The van der Waals surface area contributed by atoms with E-state index in [0.29, 0.717) is 5.56 Å². The van der Waals surface area contributed by atoms with Gasteiger partial charge >= 0.3 is 0 Å². The van der Waals surface area contributed by atoms with Crippen molar-refractivity contribution in [1.82, 2.24) is 9.97 Å². The van der Waals surface area contributed by atoms with Crippen molar-refractivity contribution in [3.8, 4) is 0 Å². The Morgan fingerprint density at radius 2 is 2.36 bits per heavy atom. The van der Waals surface area contributed by atoms with E-state index in [2.05, 4.69) is 15.1 Å². The standard InChI is InChI=1S/C5H7N5O/c6-4-3(5(7)10-11)1-8-2-9-4/h1-2,11H,(H2,7,10)(H2,6,8,9). The molecule has 0 bridgehead atoms. The van der Waals surface area contributed by atoms with E-state index >= 15 is 0 Å². The van der Waals surface area contributed by atoms with Crippen LogP contribution in [0.4, 0.5) is 5.82 Å². The molecule has 1 rings (SSSR count). The van der Waals surface area contributed by atoms with Gasteiger partial charge in [0, 0.05) is 6.20 Å². The fourth-order valence-electron chi connectivity index (χ4n) is 0.590. The largest absolute Gasteiger partial charge is 0.409 e. The number of nitrogens with zero attached hydrogens (tertiary/aromatic N) is 3. The maximum atomic E-state index is 8.26. The Bertz CT molecular complexity index is 284. The van der Waals surface area contributed by atoms with Gasteiger partial charge in [0.25, 0.3) is 0 Å².